The molecule has 0 radical (unpaired) electrons. The van der Waals surface area contributed by atoms with Gasteiger partial charge >= 0.3 is 11.8 Å². The van der Waals surface area contributed by atoms with Crippen molar-refractivity contribution in [1.82, 2.24) is 14.9 Å². The molecule has 1 amide bonds. The summed E-state index contributed by atoms with van der Waals surface area (Å²) in [6.45, 7) is 6.16. The summed E-state index contributed by atoms with van der Waals surface area (Å²) in [7, 11) is 1.69. The number of H-pyrrole nitrogens is 1. The van der Waals surface area contributed by atoms with Crippen molar-refractivity contribution in [3.05, 3.63) is 21.7 Å². The van der Waals surface area contributed by atoms with Crippen molar-refractivity contribution < 1.29 is 9.53 Å². The smallest absolute Gasteiger partial charge is 0.410 e. The number of rotatable bonds is 1. The number of nitrogens with zero attached hydrogens (tertiary/aromatic N) is 2. The Morgan fingerprint density at radius 3 is 2.68 bits per heavy atom. The SMILES string of the molecule is CNc1nc(=O)[nH]c2c1CN(C(=O)OC(C)(C)C)C2. The molecule has 1 aliphatic heterocycles. The maximum absolute atomic E-state index is 12.0. The van der Waals surface area contributed by atoms with Gasteiger partial charge < -0.3 is 15.0 Å². The zero-order chi connectivity index (χ0) is 14.2. The highest BCUT2D eigenvalue weighted by Crippen LogP contribution is 2.26. The average Bonchev–Trinajstić information content (AvgIpc) is 2.69. The van der Waals surface area contributed by atoms with Gasteiger partial charge in [0, 0.05) is 18.3 Å². The van der Waals surface area contributed by atoms with Crippen molar-refractivity contribution in [2.45, 2.75) is 39.5 Å². The Hall–Kier alpha value is -2.05. The highest BCUT2D eigenvalue weighted by molar-refractivity contribution is 5.70. The molecule has 0 bridgehead atoms. The van der Waals surface area contributed by atoms with Gasteiger partial charge in [0.15, 0.2) is 0 Å². The van der Waals surface area contributed by atoms with Crippen LogP contribution in [-0.4, -0.2) is 33.6 Å². The highest BCUT2D eigenvalue weighted by Gasteiger charge is 2.30. The number of aromatic amines is 1. The van der Waals surface area contributed by atoms with Crippen LogP contribution < -0.4 is 11.0 Å². The first-order valence-corrected chi connectivity index (χ1v) is 6.08. The highest BCUT2D eigenvalue weighted by atomic mass is 16.6. The predicted molar refractivity (Wildman–Crippen MR) is 69.9 cm³/mol. The number of nitrogens with one attached hydrogen (secondary N) is 2. The van der Waals surface area contributed by atoms with Gasteiger partial charge in [-0.2, -0.15) is 4.98 Å². The summed E-state index contributed by atoms with van der Waals surface area (Å²) in [5, 5.41) is 2.87. The molecule has 0 saturated carbocycles. The van der Waals surface area contributed by atoms with Crippen LogP contribution >= 0.6 is 0 Å². The first kappa shape index (κ1) is 13.4. The Kier molecular flexibility index (Phi) is 3.21. The summed E-state index contributed by atoms with van der Waals surface area (Å²) in [6.07, 6.45) is -0.397. The molecule has 1 aromatic rings. The number of ether oxygens (including phenoxy) is 1. The molecule has 7 heteroatoms. The van der Waals surface area contributed by atoms with E-state index in [-0.39, 0.29) is 0 Å². The molecule has 0 saturated heterocycles. The number of carbonyl (C=O) groups excluding carboxylic acids is 1. The Morgan fingerprint density at radius 2 is 2.11 bits per heavy atom. The second-order valence-corrected chi connectivity index (χ2v) is 5.43. The third kappa shape index (κ3) is 2.86. The van der Waals surface area contributed by atoms with Crippen molar-refractivity contribution in [3.63, 3.8) is 0 Å². The van der Waals surface area contributed by atoms with Crippen LogP contribution in [-0.2, 0) is 17.8 Å². The number of hydrogen-bond acceptors (Lipinski definition) is 5. The van der Waals surface area contributed by atoms with E-state index in [1.807, 2.05) is 20.8 Å². The molecule has 0 fully saturated rings. The quantitative estimate of drug-likeness (QED) is 0.793. The summed E-state index contributed by atoms with van der Waals surface area (Å²) >= 11 is 0. The van der Waals surface area contributed by atoms with Gasteiger partial charge in [-0.25, -0.2) is 9.59 Å². The van der Waals surface area contributed by atoms with Crippen LogP contribution in [0.5, 0.6) is 0 Å². The Bertz CT molecular complexity index is 559. The number of amides is 1. The Labute approximate surface area is 111 Å². The zero-order valence-electron chi connectivity index (χ0n) is 11.5. The van der Waals surface area contributed by atoms with Crippen molar-refractivity contribution in [1.29, 1.82) is 0 Å². The molecule has 1 aromatic heterocycles. The fourth-order valence-electron chi connectivity index (χ4n) is 1.95. The summed E-state index contributed by atoms with van der Waals surface area (Å²) in [5.74, 6) is 0.504. The van der Waals surface area contributed by atoms with Gasteiger partial charge in [-0.1, -0.05) is 0 Å². The van der Waals surface area contributed by atoms with Crippen LogP contribution in [0.3, 0.4) is 0 Å². The first-order valence-electron chi connectivity index (χ1n) is 6.08. The molecule has 0 aliphatic carbocycles. The molecular formula is C12H18N4O3. The molecule has 0 aromatic carbocycles. The maximum atomic E-state index is 12.0. The van der Waals surface area contributed by atoms with Gasteiger partial charge in [0.2, 0.25) is 0 Å². The minimum absolute atomic E-state index is 0.330. The molecule has 0 atom stereocenters. The van der Waals surface area contributed by atoms with Gasteiger partial charge in [0.05, 0.1) is 13.1 Å². The third-order valence-electron chi connectivity index (χ3n) is 2.71. The van der Waals surface area contributed by atoms with E-state index in [0.717, 1.165) is 5.56 Å². The lowest BCUT2D eigenvalue weighted by Gasteiger charge is -2.24. The predicted octanol–water partition coefficient (Wildman–Crippen LogP) is 1.06. The minimum atomic E-state index is -0.538. The summed E-state index contributed by atoms with van der Waals surface area (Å²) in [5.41, 5.74) is 0.570. The molecule has 0 spiro atoms. The van der Waals surface area contributed by atoms with Crippen molar-refractivity contribution in [2.24, 2.45) is 0 Å². The molecule has 2 rings (SSSR count). The van der Waals surface area contributed by atoms with Gasteiger partial charge in [-0.05, 0) is 20.8 Å². The van der Waals surface area contributed by atoms with E-state index >= 15 is 0 Å². The molecule has 7 nitrogen and oxygen atoms in total. The van der Waals surface area contributed by atoms with Gasteiger partial charge in [-0.3, -0.25) is 4.90 Å². The first-order chi connectivity index (χ1) is 8.80. The second-order valence-electron chi connectivity index (χ2n) is 5.43. The third-order valence-corrected chi connectivity index (χ3v) is 2.71. The minimum Gasteiger partial charge on any atom is -0.444 e. The van der Waals surface area contributed by atoms with E-state index in [2.05, 4.69) is 15.3 Å². The Morgan fingerprint density at radius 1 is 1.42 bits per heavy atom. The molecule has 2 N–H and O–H groups in total. The normalized spacial score (nSPS) is 14.2. The van der Waals surface area contributed by atoms with Crippen LogP contribution in [0, 0.1) is 0 Å². The average molecular weight is 266 g/mol. The summed E-state index contributed by atoms with van der Waals surface area (Å²) in [6, 6.07) is 0. The second kappa shape index (κ2) is 4.56. The molecular weight excluding hydrogens is 248 g/mol. The van der Waals surface area contributed by atoms with Crippen LogP contribution in [0.2, 0.25) is 0 Å². The van der Waals surface area contributed by atoms with E-state index in [9.17, 15) is 9.59 Å². The lowest BCUT2D eigenvalue weighted by Crippen LogP contribution is -2.33. The van der Waals surface area contributed by atoms with Crippen molar-refractivity contribution in [3.8, 4) is 0 Å². The van der Waals surface area contributed by atoms with Crippen molar-refractivity contribution >= 4 is 11.9 Å². The number of fused-ring (bicyclic) bond motifs is 1. The van der Waals surface area contributed by atoms with Crippen molar-refractivity contribution in [2.75, 3.05) is 12.4 Å². The van der Waals surface area contributed by atoms with E-state index in [1.165, 1.54) is 4.90 Å². The lowest BCUT2D eigenvalue weighted by molar-refractivity contribution is 0.0241. The van der Waals surface area contributed by atoms with E-state index in [1.54, 1.807) is 7.05 Å². The molecule has 0 unspecified atom stereocenters. The van der Waals surface area contributed by atoms with Crippen LogP contribution in [0.4, 0.5) is 10.6 Å². The van der Waals surface area contributed by atoms with Gasteiger partial charge in [0.1, 0.15) is 11.4 Å². The standard InChI is InChI=1S/C12H18N4O3/c1-12(2,3)19-11(18)16-5-7-8(6-16)14-10(17)15-9(7)13-4/h5-6H2,1-4H3,(H2,13,14,15,17). The number of carbonyl (C=O) groups is 1. The topological polar surface area (TPSA) is 87.3 Å². The Balaban J connectivity index is 2.21. The maximum Gasteiger partial charge on any atom is 0.410 e. The summed E-state index contributed by atoms with van der Waals surface area (Å²) < 4.78 is 5.31. The fraction of sp³-hybridized carbons (Fsp3) is 0.583. The molecule has 2 heterocycles. The summed E-state index contributed by atoms with van der Waals surface area (Å²) in [4.78, 5) is 31.4. The number of hydrogen-bond donors (Lipinski definition) is 2. The van der Waals surface area contributed by atoms with Crippen LogP contribution in [0.1, 0.15) is 32.0 Å². The molecule has 19 heavy (non-hydrogen) atoms. The largest absolute Gasteiger partial charge is 0.444 e. The van der Waals surface area contributed by atoms with Gasteiger partial charge in [0.25, 0.3) is 0 Å². The number of aromatic nitrogens is 2. The van der Waals surface area contributed by atoms with Crippen LogP contribution in [0.15, 0.2) is 4.79 Å². The molecule has 104 valence electrons. The van der Waals surface area contributed by atoms with Gasteiger partial charge in [-0.15, -0.1) is 0 Å². The van der Waals surface area contributed by atoms with Crippen LogP contribution in [0.25, 0.3) is 0 Å². The monoisotopic (exact) mass is 266 g/mol. The zero-order valence-corrected chi connectivity index (χ0v) is 11.5. The lowest BCUT2D eigenvalue weighted by atomic mass is 10.2. The number of anilines is 1. The fourth-order valence-corrected chi connectivity index (χ4v) is 1.95. The van der Waals surface area contributed by atoms with E-state index < -0.39 is 17.4 Å². The van der Waals surface area contributed by atoms with E-state index in [0.29, 0.717) is 24.6 Å². The van der Waals surface area contributed by atoms with E-state index in [4.69, 9.17) is 4.74 Å². The molecule has 1 aliphatic rings.